The lowest BCUT2D eigenvalue weighted by molar-refractivity contribution is 0.104. The van der Waals surface area contributed by atoms with Crippen molar-refractivity contribution in [2.75, 3.05) is 13.2 Å². The molecule has 3 heteroatoms. The first kappa shape index (κ1) is 15.5. The molecular weight excluding hydrogens is 246 g/mol. The predicted octanol–water partition coefficient (Wildman–Crippen LogP) is 4.05. The van der Waals surface area contributed by atoms with Crippen molar-refractivity contribution in [3.63, 3.8) is 0 Å². The number of nitrogens with one attached hydrogen (secondary N) is 1. The van der Waals surface area contributed by atoms with Crippen molar-refractivity contribution in [2.24, 2.45) is 5.92 Å². The van der Waals surface area contributed by atoms with E-state index in [1.807, 2.05) is 19.1 Å². The van der Waals surface area contributed by atoms with E-state index in [4.69, 9.17) is 16.3 Å². The molecule has 0 bridgehead atoms. The van der Waals surface area contributed by atoms with Gasteiger partial charge in [-0.3, -0.25) is 0 Å². The Hall–Kier alpha value is -0.570. The second-order valence-electron chi connectivity index (χ2n) is 4.95. The van der Waals surface area contributed by atoms with Crippen molar-refractivity contribution in [1.29, 1.82) is 0 Å². The fourth-order valence-corrected chi connectivity index (χ4v) is 1.97. The quantitative estimate of drug-likeness (QED) is 0.806. The first-order chi connectivity index (χ1) is 8.54. The van der Waals surface area contributed by atoms with Gasteiger partial charge in [-0.05, 0) is 37.5 Å². The Bertz CT molecular complexity index is 337. The smallest absolute Gasteiger partial charge is 0.0622 e. The molecule has 1 rings (SSSR count). The number of hydrogen-bond donors (Lipinski definition) is 1. The fraction of sp³-hybridized carbons (Fsp3) is 0.600. The summed E-state index contributed by atoms with van der Waals surface area (Å²) in [5.41, 5.74) is 1.25. The molecule has 0 saturated carbocycles. The van der Waals surface area contributed by atoms with Gasteiger partial charge in [0, 0.05) is 23.7 Å². The van der Waals surface area contributed by atoms with Crippen LogP contribution < -0.4 is 5.32 Å². The van der Waals surface area contributed by atoms with Crippen LogP contribution in [-0.2, 0) is 4.74 Å². The summed E-state index contributed by atoms with van der Waals surface area (Å²) in [5, 5.41) is 4.40. The van der Waals surface area contributed by atoms with E-state index < -0.39 is 0 Å². The lowest BCUT2D eigenvalue weighted by Gasteiger charge is -2.26. The molecular formula is C15H24ClNO. The van der Waals surface area contributed by atoms with Gasteiger partial charge in [0.05, 0.1) is 6.61 Å². The van der Waals surface area contributed by atoms with Crippen LogP contribution in [0.25, 0.3) is 0 Å². The Kier molecular flexibility index (Phi) is 6.69. The average molecular weight is 270 g/mol. The summed E-state index contributed by atoms with van der Waals surface area (Å²) in [7, 11) is 0. The molecule has 0 aliphatic carbocycles. The van der Waals surface area contributed by atoms with Crippen LogP contribution in [0.3, 0.4) is 0 Å². The van der Waals surface area contributed by atoms with Gasteiger partial charge < -0.3 is 10.1 Å². The molecule has 0 spiro atoms. The van der Waals surface area contributed by atoms with Crippen molar-refractivity contribution in [1.82, 2.24) is 5.32 Å². The number of rotatable bonds is 7. The molecule has 0 saturated heterocycles. The van der Waals surface area contributed by atoms with Gasteiger partial charge in [0.25, 0.3) is 0 Å². The van der Waals surface area contributed by atoms with Crippen molar-refractivity contribution in [2.45, 2.75) is 39.8 Å². The zero-order chi connectivity index (χ0) is 13.5. The standard InChI is InChI=1S/C15H24ClNO/c1-5-18-10-15(11(2)3)17-12(4)13-6-8-14(16)9-7-13/h6-9,11-12,15,17H,5,10H2,1-4H3. The Labute approximate surface area is 116 Å². The molecule has 2 unspecified atom stereocenters. The van der Waals surface area contributed by atoms with Gasteiger partial charge in [0.1, 0.15) is 0 Å². The number of hydrogen-bond acceptors (Lipinski definition) is 2. The number of ether oxygens (including phenoxy) is 1. The van der Waals surface area contributed by atoms with Crippen LogP contribution in [0.1, 0.15) is 39.3 Å². The summed E-state index contributed by atoms with van der Waals surface area (Å²) in [4.78, 5) is 0. The summed E-state index contributed by atoms with van der Waals surface area (Å²) in [6.07, 6.45) is 0. The SMILES string of the molecule is CCOCC(NC(C)c1ccc(Cl)cc1)C(C)C. The highest BCUT2D eigenvalue weighted by molar-refractivity contribution is 6.30. The summed E-state index contributed by atoms with van der Waals surface area (Å²) in [6, 6.07) is 8.67. The number of halogens is 1. The van der Waals surface area contributed by atoms with Gasteiger partial charge in [-0.2, -0.15) is 0 Å². The molecule has 18 heavy (non-hydrogen) atoms. The highest BCUT2D eigenvalue weighted by Gasteiger charge is 2.16. The lowest BCUT2D eigenvalue weighted by atomic mass is 10.0. The van der Waals surface area contributed by atoms with Crippen LogP contribution >= 0.6 is 11.6 Å². The zero-order valence-corrected chi connectivity index (χ0v) is 12.5. The maximum absolute atomic E-state index is 5.90. The van der Waals surface area contributed by atoms with Crippen LogP contribution in [0.5, 0.6) is 0 Å². The Morgan fingerprint density at radius 1 is 1.17 bits per heavy atom. The molecule has 0 fully saturated rings. The Morgan fingerprint density at radius 3 is 2.28 bits per heavy atom. The van der Waals surface area contributed by atoms with Crippen molar-refractivity contribution < 1.29 is 4.74 Å². The molecule has 1 aromatic rings. The molecule has 102 valence electrons. The average Bonchev–Trinajstić information content (AvgIpc) is 2.34. The highest BCUT2D eigenvalue weighted by atomic mass is 35.5. The third kappa shape index (κ3) is 4.97. The fourth-order valence-electron chi connectivity index (χ4n) is 1.85. The van der Waals surface area contributed by atoms with E-state index in [0.29, 0.717) is 18.0 Å². The molecule has 0 aliphatic rings. The summed E-state index contributed by atoms with van der Waals surface area (Å²) >= 11 is 5.90. The molecule has 0 aromatic heterocycles. The van der Waals surface area contributed by atoms with Crippen LogP contribution in [0.15, 0.2) is 24.3 Å². The lowest BCUT2D eigenvalue weighted by Crippen LogP contribution is -2.39. The van der Waals surface area contributed by atoms with E-state index in [2.05, 4.69) is 38.2 Å². The van der Waals surface area contributed by atoms with Crippen molar-refractivity contribution in [3.05, 3.63) is 34.9 Å². The Balaban J connectivity index is 2.59. The molecule has 0 aliphatic heterocycles. The third-order valence-corrected chi connectivity index (χ3v) is 3.39. The molecule has 2 nitrogen and oxygen atoms in total. The van der Waals surface area contributed by atoms with Crippen LogP contribution in [-0.4, -0.2) is 19.3 Å². The van der Waals surface area contributed by atoms with Gasteiger partial charge in [0.2, 0.25) is 0 Å². The van der Waals surface area contributed by atoms with Crippen LogP contribution in [0.2, 0.25) is 5.02 Å². The van der Waals surface area contributed by atoms with E-state index >= 15 is 0 Å². The normalized spacial score (nSPS) is 14.8. The minimum Gasteiger partial charge on any atom is -0.380 e. The monoisotopic (exact) mass is 269 g/mol. The van der Waals surface area contributed by atoms with E-state index in [-0.39, 0.29) is 0 Å². The molecule has 1 N–H and O–H groups in total. The van der Waals surface area contributed by atoms with Crippen molar-refractivity contribution in [3.8, 4) is 0 Å². The van der Waals surface area contributed by atoms with E-state index in [1.165, 1.54) is 5.56 Å². The molecule has 0 heterocycles. The van der Waals surface area contributed by atoms with Crippen molar-refractivity contribution >= 4 is 11.6 Å². The summed E-state index contributed by atoms with van der Waals surface area (Å²) in [5.74, 6) is 0.548. The minimum absolute atomic E-state index is 0.301. The van der Waals surface area contributed by atoms with Crippen LogP contribution in [0.4, 0.5) is 0 Å². The van der Waals surface area contributed by atoms with Gasteiger partial charge in [-0.1, -0.05) is 37.6 Å². The molecule has 1 aromatic carbocycles. The highest BCUT2D eigenvalue weighted by Crippen LogP contribution is 2.18. The van der Waals surface area contributed by atoms with Gasteiger partial charge >= 0.3 is 0 Å². The first-order valence-electron chi connectivity index (χ1n) is 6.63. The third-order valence-electron chi connectivity index (χ3n) is 3.14. The maximum Gasteiger partial charge on any atom is 0.0622 e. The first-order valence-corrected chi connectivity index (χ1v) is 7.01. The molecule has 2 atom stereocenters. The van der Waals surface area contributed by atoms with Gasteiger partial charge in [-0.15, -0.1) is 0 Å². The van der Waals surface area contributed by atoms with Gasteiger partial charge in [0.15, 0.2) is 0 Å². The second kappa shape index (κ2) is 7.78. The van der Waals surface area contributed by atoms with E-state index in [0.717, 1.165) is 18.2 Å². The largest absolute Gasteiger partial charge is 0.380 e. The summed E-state index contributed by atoms with van der Waals surface area (Å²) < 4.78 is 5.53. The molecule has 0 amide bonds. The number of benzene rings is 1. The van der Waals surface area contributed by atoms with E-state index in [9.17, 15) is 0 Å². The Morgan fingerprint density at radius 2 is 1.78 bits per heavy atom. The maximum atomic E-state index is 5.90. The predicted molar refractivity (Wildman–Crippen MR) is 78.1 cm³/mol. The second-order valence-corrected chi connectivity index (χ2v) is 5.39. The molecule has 0 radical (unpaired) electrons. The summed E-state index contributed by atoms with van der Waals surface area (Å²) in [6.45, 7) is 10.1. The minimum atomic E-state index is 0.301. The zero-order valence-electron chi connectivity index (χ0n) is 11.7. The van der Waals surface area contributed by atoms with Gasteiger partial charge in [-0.25, -0.2) is 0 Å². The topological polar surface area (TPSA) is 21.3 Å². The van der Waals surface area contributed by atoms with E-state index in [1.54, 1.807) is 0 Å². The van der Waals surface area contributed by atoms with Crippen LogP contribution in [0, 0.1) is 5.92 Å².